The van der Waals surface area contributed by atoms with E-state index in [1.54, 1.807) is 7.11 Å². The van der Waals surface area contributed by atoms with Crippen molar-refractivity contribution in [3.8, 4) is 11.5 Å². The highest BCUT2D eigenvalue weighted by Crippen LogP contribution is 2.38. The number of rotatable bonds is 2. The fourth-order valence-corrected chi connectivity index (χ4v) is 4.40. The number of benzene rings is 1. The maximum Gasteiger partial charge on any atom is 0.229 e. The third-order valence-corrected chi connectivity index (χ3v) is 5.75. The van der Waals surface area contributed by atoms with Crippen molar-refractivity contribution < 1.29 is 14.3 Å². The minimum Gasteiger partial charge on any atom is -0.497 e. The molecule has 1 aromatic rings. The molecule has 0 aromatic heterocycles. The Bertz CT molecular complexity index is 618. The average Bonchev–Trinajstić information content (AvgIpc) is 3.15. The first kappa shape index (κ1) is 14.8. The summed E-state index contributed by atoms with van der Waals surface area (Å²) < 4.78 is 11.1. The molecular formula is C18H24N2O3. The van der Waals surface area contributed by atoms with Crippen LogP contribution in [0.5, 0.6) is 11.5 Å². The van der Waals surface area contributed by atoms with Crippen molar-refractivity contribution in [3.63, 3.8) is 0 Å². The molecule has 1 amide bonds. The third-order valence-electron chi connectivity index (χ3n) is 5.75. The van der Waals surface area contributed by atoms with Crippen molar-refractivity contribution in [1.82, 2.24) is 4.90 Å². The van der Waals surface area contributed by atoms with E-state index in [0.717, 1.165) is 49.4 Å². The Labute approximate surface area is 136 Å². The first-order chi connectivity index (χ1) is 11.2. The molecule has 1 aliphatic carbocycles. The topological polar surface area (TPSA) is 64.8 Å². The van der Waals surface area contributed by atoms with Gasteiger partial charge in [0.1, 0.15) is 18.1 Å². The van der Waals surface area contributed by atoms with E-state index in [0.29, 0.717) is 18.4 Å². The Morgan fingerprint density at radius 2 is 2.22 bits per heavy atom. The van der Waals surface area contributed by atoms with E-state index < -0.39 is 0 Å². The van der Waals surface area contributed by atoms with E-state index in [1.807, 2.05) is 23.1 Å². The van der Waals surface area contributed by atoms with Crippen LogP contribution in [-0.4, -0.2) is 43.7 Å². The number of fused-ring (bicyclic) bond motifs is 2. The van der Waals surface area contributed by atoms with Gasteiger partial charge in [-0.2, -0.15) is 0 Å². The predicted molar refractivity (Wildman–Crippen MR) is 86.5 cm³/mol. The molecule has 2 heterocycles. The molecule has 2 N–H and O–H groups in total. The molecule has 4 rings (SSSR count). The summed E-state index contributed by atoms with van der Waals surface area (Å²) in [7, 11) is 1.65. The Morgan fingerprint density at radius 3 is 3.00 bits per heavy atom. The molecular weight excluding hydrogens is 292 g/mol. The standard InChI is InChI=1S/C18H24N2O3/c1-22-14-3-5-17-12(7-14)6-13(10-23-17)18(21)20-8-11-2-4-16(19)15(11)9-20/h3,5,7,11,13,15-16H,2,4,6,8-10,19H2,1H3. The van der Waals surface area contributed by atoms with E-state index >= 15 is 0 Å². The second-order valence-electron chi connectivity index (χ2n) is 7.09. The number of carbonyl (C=O) groups is 1. The normalized spacial score (nSPS) is 32.2. The predicted octanol–water partition coefficient (Wildman–Crippen LogP) is 1.44. The van der Waals surface area contributed by atoms with Crippen LogP contribution in [0.1, 0.15) is 18.4 Å². The summed E-state index contributed by atoms with van der Waals surface area (Å²) in [6, 6.07) is 6.06. The quantitative estimate of drug-likeness (QED) is 0.897. The molecule has 0 radical (unpaired) electrons. The number of likely N-dealkylation sites (tertiary alicyclic amines) is 1. The van der Waals surface area contributed by atoms with Gasteiger partial charge in [-0.3, -0.25) is 4.79 Å². The molecule has 23 heavy (non-hydrogen) atoms. The maximum atomic E-state index is 12.9. The molecule has 5 nitrogen and oxygen atoms in total. The van der Waals surface area contributed by atoms with Gasteiger partial charge in [0.15, 0.2) is 0 Å². The number of hydrogen-bond donors (Lipinski definition) is 1. The van der Waals surface area contributed by atoms with Crippen LogP contribution >= 0.6 is 0 Å². The van der Waals surface area contributed by atoms with E-state index in [9.17, 15) is 4.79 Å². The van der Waals surface area contributed by atoms with Crippen LogP contribution in [0.25, 0.3) is 0 Å². The number of ether oxygens (including phenoxy) is 2. The highest BCUT2D eigenvalue weighted by Gasteiger charge is 2.44. The summed E-state index contributed by atoms with van der Waals surface area (Å²) in [5.41, 5.74) is 7.24. The Morgan fingerprint density at radius 1 is 1.35 bits per heavy atom. The van der Waals surface area contributed by atoms with E-state index in [4.69, 9.17) is 15.2 Å². The van der Waals surface area contributed by atoms with Crippen LogP contribution in [0.3, 0.4) is 0 Å². The fourth-order valence-electron chi connectivity index (χ4n) is 4.40. The minimum absolute atomic E-state index is 0.0929. The van der Waals surface area contributed by atoms with Gasteiger partial charge in [-0.1, -0.05) is 0 Å². The Kier molecular flexibility index (Phi) is 3.68. The molecule has 2 fully saturated rings. The van der Waals surface area contributed by atoms with Gasteiger partial charge >= 0.3 is 0 Å². The number of methoxy groups -OCH3 is 1. The minimum atomic E-state index is -0.0929. The van der Waals surface area contributed by atoms with Crippen LogP contribution in [-0.2, 0) is 11.2 Å². The summed E-state index contributed by atoms with van der Waals surface area (Å²) in [5, 5.41) is 0. The molecule has 5 heteroatoms. The average molecular weight is 316 g/mol. The molecule has 1 saturated carbocycles. The largest absolute Gasteiger partial charge is 0.497 e. The van der Waals surface area contributed by atoms with Gasteiger partial charge in [0.05, 0.1) is 13.0 Å². The van der Waals surface area contributed by atoms with Gasteiger partial charge in [-0.05, 0) is 54.9 Å². The fraction of sp³-hybridized carbons (Fsp3) is 0.611. The number of carbonyl (C=O) groups excluding carboxylic acids is 1. The second-order valence-corrected chi connectivity index (χ2v) is 7.09. The summed E-state index contributed by atoms with van der Waals surface area (Å²) in [4.78, 5) is 14.9. The van der Waals surface area contributed by atoms with Crippen LogP contribution in [0, 0.1) is 17.8 Å². The zero-order valence-electron chi connectivity index (χ0n) is 13.5. The summed E-state index contributed by atoms with van der Waals surface area (Å²) in [5.74, 6) is 2.91. The molecule has 124 valence electrons. The van der Waals surface area contributed by atoms with Crippen molar-refractivity contribution in [2.45, 2.75) is 25.3 Å². The lowest BCUT2D eigenvalue weighted by Gasteiger charge is -2.29. The summed E-state index contributed by atoms with van der Waals surface area (Å²) >= 11 is 0. The molecule has 1 aromatic carbocycles. The van der Waals surface area contributed by atoms with E-state index in [2.05, 4.69) is 0 Å². The molecule has 0 bridgehead atoms. The number of hydrogen-bond acceptors (Lipinski definition) is 4. The van der Waals surface area contributed by atoms with E-state index in [1.165, 1.54) is 0 Å². The molecule has 3 aliphatic rings. The van der Waals surface area contributed by atoms with Gasteiger partial charge in [0, 0.05) is 19.1 Å². The van der Waals surface area contributed by atoms with Gasteiger partial charge in [0.25, 0.3) is 0 Å². The number of nitrogens with zero attached hydrogens (tertiary/aromatic N) is 1. The van der Waals surface area contributed by atoms with Gasteiger partial charge in [-0.15, -0.1) is 0 Å². The first-order valence-electron chi connectivity index (χ1n) is 8.50. The lowest BCUT2D eigenvalue weighted by Crippen LogP contribution is -2.41. The zero-order chi connectivity index (χ0) is 16.0. The SMILES string of the molecule is COc1ccc2c(c1)CC(C(=O)N1CC3CCC(N)C3C1)CO2. The first-order valence-corrected chi connectivity index (χ1v) is 8.50. The van der Waals surface area contributed by atoms with Gasteiger partial charge in [-0.25, -0.2) is 0 Å². The summed E-state index contributed by atoms with van der Waals surface area (Å²) in [6.07, 6.45) is 3.00. The molecule has 2 aliphatic heterocycles. The van der Waals surface area contributed by atoms with Crippen molar-refractivity contribution in [1.29, 1.82) is 0 Å². The summed E-state index contributed by atoms with van der Waals surface area (Å²) in [6.45, 7) is 2.17. The smallest absolute Gasteiger partial charge is 0.229 e. The van der Waals surface area contributed by atoms with Crippen LogP contribution in [0.4, 0.5) is 0 Å². The van der Waals surface area contributed by atoms with Crippen LogP contribution < -0.4 is 15.2 Å². The monoisotopic (exact) mass is 316 g/mol. The lowest BCUT2D eigenvalue weighted by atomic mass is 9.95. The van der Waals surface area contributed by atoms with Gasteiger partial charge < -0.3 is 20.1 Å². The maximum absolute atomic E-state index is 12.9. The lowest BCUT2D eigenvalue weighted by molar-refractivity contribution is -0.136. The highest BCUT2D eigenvalue weighted by atomic mass is 16.5. The van der Waals surface area contributed by atoms with Crippen LogP contribution in [0.2, 0.25) is 0 Å². The third kappa shape index (κ3) is 2.57. The van der Waals surface area contributed by atoms with Crippen molar-refractivity contribution >= 4 is 5.91 Å². The van der Waals surface area contributed by atoms with E-state index in [-0.39, 0.29) is 17.9 Å². The number of nitrogens with two attached hydrogens (primary N) is 1. The number of amides is 1. The van der Waals surface area contributed by atoms with Crippen molar-refractivity contribution in [2.75, 3.05) is 26.8 Å². The molecule has 4 atom stereocenters. The molecule has 1 saturated heterocycles. The van der Waals surface area contributed by atoms with Crippen molar-refractivity contribution in [2.24, 2.45) is 23.5 Å². The van der Waals surface area contributed by atoms with Crippen LogP contribution in [0.15, 0.2) is 18.2 Å². The van der Waals surface area contributed by atoms with Crippen molar-refractivity contribution in [3.05, 3.63) is 23.8 Å². The molecule has 4 unspecified atom stereocenters. The Balaban J connectivity index is 1.46. The zero-order valence-corrected chi connectivity index (χ0v) is 13.5. The highest BCUT2D eigenvalue weighted by molar-refractivity contribution is 5.80. The van der Waals surface area contributed by atoms with Gasteiger partial charge in [0.2, 0.25) is 5.91 Å². The Hall–Kier alpha value is -1.75. The second kappa shape index (κ2) is 5.71. The molecule has 0 spiro atoms.